The monoisotopic (exact) mass is 116 g/mol. The first-order valence-corrected chi connectivity index (χ1v) is 3.13. The molecule has 1 heterocycles. The third-order valence-electron chi connectivity index (χ3n) is 1.29. The minimum Gasteiger partial charge on any atom is -0.379 e. The SMILES string of the molecule is CCOC1CCOC1. The van der Waals surface area contributed by atoms with Crippen LogP contribution >= 0.6 is 0 Å². The quantitative estimate of drug-likeness (QED) is 0.531. The molecule has 0 aromatic carbocycles. The number of rotatable bonds is 2. The van der Waals surface area contributed by atoms with E-state index in [0.29, 0.717) is 6.10 Å². The summed E-state index contributed by atoms with van der Waals surface area (Å²) in [5.74, 6) is 0. The van der Waals surface area contributed by atoms with Crippen molar-refractivity contribution in [3.05, 3.63) is 0 Å². The molecule has 1 rings (SSSR count). The van der Waals surface area contributed by atoms with Crippen LogP contribution in [0.3, 0.4) is 0 Å². The average molecular weight is 116 g/mol. The van der Waals surface area contributed by atoms with Gasteiger partial charge in [0.2, 0.25) is 0 Å². The Hall–Kier alpha value is -0.0800. The van der Waals surface area contributed by atoms with Gasteiger partial charge < -0.3 is 9.47 Å². The third-order valence-corrected chi connectivity index (χ3v) is 1.29. The van der Waals surface area contributed by atoms with Crippen molar-refractivity contribution >= 4 is 0 Å². The summed E-state index contributed by atoms with van der Waals surface area (Å²) in [6.07, 6.45) is 1.47. The summed E-state index contributed by atoms with van der Waals surface area (Å²) in [6.45, 7) is 4.50. The van der Waals surface area contributed by atoms with Gasteiger partial charge in [0, 0.05) is 13.2 Å². The molecule has 8 heavy (non-hydrogen) atoms. The smallest absolute Gasteiger partial charge is 0.0830 e. The van der Waals surface area contributed by atoms with Crippen molar-refractivity contribution in [3.63, 3.8) is 0 Å². The molecule has 48 valence electrons. The normalized spacial score (nSPS) is 28.9. The van der Waals surface area contributed by atoms with Gasteiger partial charge in [-0.2, -0.15) is 0 Å². The zero-order chi connectivity index (χ0) is 5.82. The maximum Gasteiger partial charge on any atom is 0.0830 e. The van der Waals surface area contributed by atoms with Crippen molar-refractivity contribution in [3.8, 4) is 0 Å². The third kappa shape index (κ3) is 1.46. The molecule has 1 atom stereocenters. The molecule has 1 aliphatic rings. The van der Waals surface area contributed by atoms with Gasteiger partial charge in [0.05, 0.1) is 12.7 Å². The van der Waals surface area contributed by atoms with Crippen molar-refractivity contribution in [2.75, 3.05) is 19.8 Å². The Morgan fingerprint density at radius 2 is 2.62 bits per heavy atom. The number of hydrogen-bond donors (Lipinski definition) is 0. The first kappa shape index (κ1) is 6.05. The van der Waals surface area contributed by atoms with Crippen molar-refractivity contribution in [1.29, 1.82) is 0 Å². The summed E-state index contributed by atoms with van der Waals surface area (Å²) in [5, 5.41) is 0. The van der Waals surface area contributed by atoms with E-state index in [1.54, 1.807) is 0 Å². The van der Waals surface area contributed by atoms with Crippen molar-refractivity contribution in [1.82, 2.24) is 0 Å². The lowest BCUT2D eigenvalue weighted by molar-refractivity contribution is 0.0509. The Labute approximate surface area is 49.8 Å². The van der Waals surface area contributed by atoms with E-state index >= 15 is 0 Å². The van der Waals surface area contributed by atoms with Crippen LogP contribution in [-0.2, 0) is 9.47 Å². The van der Waals surface area contributed by atoms with Crippen molar-refractivity contribution < 1.29 is 9.47 Å². The first-order valence-electron chi connectivity index (χ1n) is 3.13. The van der Waals surface area contributed by atoms with Gasteiger partial charge in [0.15, 0.2) is 0 Å². The molecule has 0 N–H and O–H groups in total. The Morgan fingerprint density at radius 1 is 1.75 bits per heavy atom. The zero-order valence-electron chi connectivity index (χ0n) is 5.22. The Bertz CT molecular complexity index is 57.5. The summed E-state index contributed by atoms with van der Waals surface area (Å²) in [6, 6.07) is 0. The fourth-order valence-corrected chi connectivity index (χ4v) is 0.880. The number of hydrogen-bond acceptors (Lipinski definition) is 2. The van der Waals surface area contributed by atoms with Crippen LogP contribution < -0.4 is 0 Å². The summed E-state index contributed by atoms with van der Waals surface area (Å²) in [4.78, 5) is 0. The van der Waals surface area contributed by atoms with E-state index < -0.39 is 0 Å². The topological polar surface area (TPSA) is 18.5 Å². The van der Waals surface area contributed by atoms with Gasteiger partial charge in [-0.1, -0.05) is 0 Å². The molecular formula is C6H12O2. The lowest BCUT2D eigenvalue weighted by Crippen LogP contribution is -2.11. The molecule has 0 spiro atoms. The molecule has 2 heteroatoms. The summed E-state index contributed by atoms with van der Waals surface area (Å²) < 4.78 is 10.4. The van der Waals surface area contributed by atoms with Gasteiger partial charge in [-0.15, -0.1) is 0 Å². The molecule has 0 bridgehead atoms. The number of ether oxygens (including phenoxy) is 2. The maximum absolute atomic E-state index is 5.28. The average Bonchev–Trinajstić information content (AvgIpc) is 2.19. The maximum atomic E-state index is 5.28. The van der Waals surface area contributed by atoms with Gasteiger partial charge in [0.25, 0.3) is 0 Å². The van der Waals surface area contributed by atoms with Gasteiger partial charge in [-0.05, 0) is 13.3 Å². The van der Waals surface area contributed by atoms with Gasteiger partial charge in [-0.3, -0.25) is 0 Å². The van der Waals surface area contributed by atoms with Crippen LogP contribution in [0.4, 0.5) is 0 Å². The first-order chi connectivity index (χ1) is 3.93. The van der Waals surface area contributed by atoms with Crippen LogP contribution in [-0.4, -0.2) is 25.9 Å². The van der Waals surface area contributed by atoms with Gasteiger partial charge in [0.1, 0.15) is 0 Å². The van der Waals surface area contributed by atoms with E-state index in [9.17, 15) is 0 Å². The Kier molecular flexibility index (Phi) is 2.30. The lowest BCUT2D eigenvalue weighted by atomic mass is 10.3. The molecule has 0 saturated carbocycles. The van der Waals surface area contributed by atoms with E-state index in [1.165, 1.54) is 0 Å². The summed E-state index contributed by atoms with van der Waals surface area (Å²) >= 11 is 0. The molecule has 0 aliphatic carbocycles. The van der Waals surface area contributed by atoms with E-state index in [2.05, 4.69) is 0 Å². The molecular weight excluding hydrogens is 104 g/mol. The Balaban J connectivity index is 2.06. The molecule has 1 aliphatic heterocycles. The van der Waals surface area contributed by atoms with Crippen LogP contribution in [0.25, 0.3) is 0 Å². The second kappa shape index (κ2) is 3.05. The molecule has 2 nitrogen and oxygen atoms in total. The molecule has 0 amide bonds. The minimum atomic E-state index is 0.389. The largest absolute Gasteiger partial charge is 0.379 e. The molecule has 0 aromatic heterocycles. The molecule has 0 radical (unpaired) electrons. The van der Waals surface area contributed by atoms with Gasteiger partial charge in [-0.25, -0.2) is 0 Å². The zero-order valence-corrected chi connectivity index (χ0v) is 5.22. The second-order valence-corrected chi connectivity index (χ2v) is 1.94. The molecule has 1 fully saturated rings. The van der Waals surface area contributed by atoms with Crippen LogP contribution in [0.15, 0.2) is 0 Å². The highest BCUT2D eigenvalue weighted by atomic mass is 16.5. The van der Waals surface area contributed by atoms with Crippen molar-refractivity contribution in [2.45, 2.75) is 19.4 Å². The predicted molar refractivity (Wildman–Crippen MR) is 30.8 cm³/mol. The fraction of sp³-hybridized carbons (Fsp3) is 1.00. The van der Waals surface area contributed by atoms with Crippen molar-refractivity contribution in [2.24, 2.45) is 0 Å². The summed E-state index contributed by atoms with van der Waals surface area (Å²) in [7, 11) is 0. The van der Waals surface area contributed by atoms with E-state index in [4.69, 9.17) is 9.47 Å². The predicted octanol–water partition coefficient (Wildman–Crippen LogP) is 0.812. The van der Waals surface area contributed by atoms with E-state index in [0.717, 1.165) is 26.2 Å². The lowest BCUT2D eigenvalue weighted by Gasteiger charge is -2.04. The van der Waals surface area contributed by atoms with Crippen LogP contribution in [0, 0.1) is 0 Å². The molecule has 0 aromatic rings. The van der Waals surface area contributed by atoms with Crippen LogP contribution in [0.2, 0.25) is 0 Å². The standard InChI is InChI=1S/C6H12O2/c1-2-8-6-3-4-7-5-6/h6H,2-5H2,1H3. The van der Waals surface area contributed by atoms with Crippen LogP contribution in [0.1, 0.15) is 13.3 Å². The molecule has 1 unspecified atom stereocenters. The fourth-order valence-electron chi connectivity index (χ4n) is 0.880. The van der Waals surface area contributed by atoms with Crippen LogP contribution in [0.5, 0.6) is 0 Å². The summed E-state index contributed by atoms with van der Waals surface area (Å²) in [5.41, 5.74) is 0. The van der Waals surface area contributed by atoms with E-state index in [1.807, 2.05) is 6.92 Å². The van der Waals surface area contributed by atoms with Gasteiger partial charge >= 0.3 is 0 Å². The highest BCUT2D eigenvalue weighted by Gasteiger charge is 2.14. The van der Waals surface area contributed by atoms with E-state index in [-0.39, 0.29) is 0 Å². The second-order valence-electron chi connectivity index (χ2n) is 1.94. The Morgan fingerprint density at radius 3 is 3.12 bits per heavy atom. The highest BCUT2D eigenvalue weighted by molar-refractivity contribution is 4.61. The highest BCUT2D eigenvalue weighted by Crippen LogP contribution is 2.06. The molecule has 1 saturated heterocycles. The minimum absolute atomic E-state index is 0.389.